The largest absolute Gasteiger partial charge is 0.485 e. The van der Waals surface area contributed by atoms with Gasteiger partial charge in [-0.3, -0.25) is 9.59 Å². The van der Waals surface area contributed by atoms with Crippen molar-refractivity contribution in [2.24, 2.45) is 0 Å². The van der Waals surface area contributed by atoms with Gasteiger partial charge in [-0.15, -0.1) is 0 Å². The number of hydrogen-bond donors (Lipinski definition) is 0. The second kappa shape index (κ2) is 7.38. The van der Waals surface area contributed by atoms with Crippen LogP contribution in [0.25, 0.3) is 0 Å². The van der Waals surface area contributed by atoms with Crippen LogP contribution >= 0.6 is 0 Å². The van der Waals surface area contributed by atoms with Crippen molar-refractivity contribution >= 4 is 11.8 Å². The molecule has 27 heavy (non-hydrogen) atoms. The first-order valence-electron chi connectivity index (χ1n) is 9.60. The number of carbonyl (C=O) groups excluding carboxylic acids is 2. The Morgan fingerprint density at radius 1 is 1.26 bits per heavy atom. The number of nitrogens with zero attached hydrogens (tertiary/aromatic N) is 2. The molecule has 2 fully saturated rings. The van der Waals surface area contributed by atoms with Gasteiger partial charge in [0.1, 0.15) is 13.2 Å². The topological polar surface area (TPSA) is 68.3 Å². The summed E-state index contributed by atoms with van der Waals surface area (Å²) in [4.78, 5) is 29.6. The van der Waals surface area contributed by atoms with E-state index in [1.54, 1.807) is 18.1 Å². The van der Waals surface area contributed by atoms with Crippen molar-refractivity contribution in [2.45, 2.75) is 37.3 Å². The number of benzene rings is 1. The first-order chi connectivity index (χ1) is 13.1. The van der Waals surface area contributed by atoms with Gasteiger partial charge in [0.15, 0.2) is 11.5 Å². The molecule has 1 spiro atoms. The Hall–Kier alpha value is -2.28. The lowest BCUT2D eigenvalue weighted by Crippen LogP contribution is -2.67. The minimum absolute atomic E-state index is 0.0324. The molecule has 0 aromatic heterocycles. The summed E-state index contributed by atoms with van der Waals surface area (Å²) in [5, 5.41) is 0. The van der Waals surface area contributed by atoms with E-state index in [4.69, 9.17) is 14.2 Å². The number of hydrogen-bond acceptors (Lipinski definition) is 5. The molecule has 3 aliphatic rings. The molecule has 1 aromatic rings. The van der Waals surface area contributed by atoms with Crippen LogP contribution in [-0.2, 0) is 14.3 Å². The lowest BCUT2D eigenvalue weighted by Gasteiger charge is -2.49. The average Bonchev–Trinajstić information content (AvgIpc) is 3.16. The number of para-hydroxylation sites is 2. The summed E-state index contributed by atoms with van der Waals surface area (Å²) in [6, 6.07) is 7.35. The molecule has 4 rings (SSSR count). The molecular weight excluding hydrogens is 348 g/mol. The Labute approximate surface area is 159 Å². The normalized spacial score (nSPS) is 23.7. The van der Waals surface area contributed by atoms with E-state index in [9.17, 15) is 9.59 Å². The predicted molar refractivity (Wildman–Crippen MR) is 97.7 cm³/mol. The van der Waals surface area contributed by atoms with Crippen molar-refractivity contribution in [2.75, 3.05) is 40.0 Å². The van der Waals surface area contributed by atoms with E-state index in [-0.39, 0.29) is 30.5 Å². The highest BCUT2D eigenvalue weighted by Crippen LogP contribution is 2.40. The Balaban J connectivity index is 1.53. The molecule has 1 saturated carbocycles. The monoisotopic (exact) mass is 374 g/mol. The number of carbonyl (C=O) groups is 2. The van der Waals surface area contributed by atoms with Crippen molar-refractivity contribution in [3.8, 4) is 11.5 Å². The number of piperazine rings is 1. The smallest absolute Gasteiger partial charge is 0.268 e. The summed E-state index contributed by atoms with van der Waals surface area (Å²) in [7, 11) is 1.63. The average molecular weight is 374 g/mol. The molecule has 0 radical (unpaired) electrons. The van der Waals surface area contributed by atoms with Crippen LogP contribution in [0.3, 0.4) is 0 Å². The van der Waals surface area contributed by atoms with Gasteiger partial charge in [-0.2, -0.15) is 0 Å². The maximum Gasteiger partial charge on any atom is 0.268 e. The van der Waals surface area contributed by atoms with E-state index in [0.29, 0.717) is 31.2 Å². The highest BCUT2D eigenvalue weighted by molar-refractivity contribution is 5.89. The molecule has 7 nitrogen and oxygen atoms in total. The highest BCUT2D eigenvalue weighted by atomic mass is 16.6. The van der Waals surface area contributed by atoms with Gasteiger partial charge in [0.05, 0.1) is 12.1 Å². The summed E-state index contributed by atoms with van der Waals surface area (Å²) in [5.74, 6) is 1.05. The van der Waals surface area contributed by atoms with Crippen LogP contribution in [0.15, 0.2) is 24.3 Å². The molecule has 2 aliphatic heterocycles. The standard InChI is InChI=1S/C20H26N2O5/c1-25-11-10-21-14-20(8-4-5-9-20)22(12-18(21)23)19(24)17-13-26-15-6-2-3-7-16(15)27-17/h2-3,6-7,17H,4-5,8-14H2,1H3. The summed E-state index contributed by atoms with van der Waals surface area (Å²) in [6.07, 6.45) is 3.26. The lowest BCUT2D eigenvalue weighted by molar-refractivity contribution is -0.162. The molecule has 1 saturated heterocycles. The number of fused-ring (bicyclic) bond motifs is 1. The number of methoxy groups -OCH3 is 1. The minimum Gasteiger partial charge on any atom is -0.485 e. The molecular formula is C20H26N2O5. The fourth-order valence-electron chi connectivity index (χ4n) is 4.42. The summed E-state index contributed by atoms with van der Waals surface area (Å²) in [6.45, 7) is 1.92. The molecule has 2 amide bonds. The summed E-state index contributed by atoms with van der Waals surface area (Å²) in [5.41, 5.74) is -0.293. The van der Waals surface area contributed by atoms with Crippen LogP contribution in [0.1, 0.15) is 25.7 Å². The second-order valence-corrected chi connectivity index (χ2v) is 7.53. The van der Waals surface area contributed by atoms with E-state index in [2.05, 4.69) is 0 Å². The van der Waals surface area contributed by atoms with Crippen molar-refractivity contribution in [3.63, 3.8) is 0 Å². The Kier molecular flexibility index (Phi) is 4.95. The zero-order chi connectivity index (χ0) is 18.9. The maximum absolute atomic E-state index is 13.3. The van der Waals surface area contributed by atoms with E-state index in [1.165, 1.54) is 0 Å². The van der Waals surface area contributed by atoms with Gasteiger partial charge >= 0.3 is 0 Å². The van der Waals surface area contributed by atoms with Gasteiger partial charge in [-0.05, 0) is 25.0 Å². The molecule has 1 aromatic carbocycles. The zero-order valence-corrected chi connectivity index (χ0v) is 15.7. The van der Waals surface area contributed by atoms with Gasteiger partial charge < -0.3 is 24.0 Å². The van der Waals surface area contributed by atoms with Crippen molar-refractivity contribution in [1.29, 1.82) is 0 Å². The van der Waals surface area contributed by atoms with Crippen LogP contribution in [0.5, 0.6) is 11.5 Å². The Morgan fingerprint density at radius 3 is 2.74 bits per heavy atom. The van der Waals surface area contributed by atoms with Gasteiger partial charge in [-0.25, -0.2) is 0 Å². The molecule has 146 valence electrons. The van der Waals surface area contributed by atoms with Gasteiger partial charge in [0, 0.05) is 20.2 Å². The maximum atomic E-state index is 13.3. The summed E-state index contributed by atoms with van der Waals surface area (Å²) < 4.78 is 16.8. The predicted octanol–water partition coefficient (Wildman–Crippen LogP) is 1.46. The molecule has 1 atom stereocenters. The zero-order valence-electron chi connectivity index (χ0n) is 15.7. The van der Waals surface area contributed by atoms with Gasteiger partial charge in [0.25, 0.3) is 5.91 Å². The SMILES string of the molecule is COCCN1CC2(CCCC2)N(C(=O)C2COc3ccccc3O2)CC1=O. The third-order valence-corrected chi connectivity index (χ3v) is 5.85. The molecule has 2 heterocycles. The first-order valence-corrected chi connectivity index (χ1v) is 9.60. The highest BCUT2D eigenvalue weighted by Gasteiger charge is 2.50. The van der Waals surface area contributed by atoms with E-state index >= 15 is 0 Å². The number of amides is 2. The van der Waals surface area contributed by atoms with Crippen LogP contribution in [-0.4, -0.2) is 73.2 Å². The van der Waals surface area contributed by atoms with Crippen LogP contribution in [0.2, 0.25) is 0 Å². The van der Waals surface area contributed by atoms with Crippen LogP contribution < -0.4 is 9.47 Å². The summed E-state index contributed by atoms with van der Waals surface area (Å²) >= 11 is 0. The van der Waals surface area contributed by atoms with Crippen LogP contribution in [0, 0.1) is 0 Å². The van der Waals surface area contributed by atoms with E-state index in [1.807, 2.05) is 23.1 Å². The van der Waals surface area contributed by atoms with Crippen molar-refractivity contribution in [3.05, 3.63) is 24.3 Å². The molecule has 1 aliphatic carbocycles. The first kappa shape index (κ1) is 18.1. The molecule has 7 heteroatoms. The second-order valence-electron chi connectivity index (χ2n) is 7.53. The number of ether oxygens (including phenoxy) is 3. The molecule has 1 unspecified atom stereocenters. The fraction of sp³-hybridized carbons (Fsp3) is 0.600. The minimum atomic E-state index is -0.712. The van der Waals surface area contributed by atoms with E-state index in [0.717, 1.165) is 25.7 Å². The Morgan fingerprint density at radius 2 is 2.00 bits per heavy atom. The fourth-order valence-corrected chi connectivity index (χ4v) is 4.42. The molecule has 0 N–H and O–H groups in total. The van der Waals surface area contributed by atoms with Gasteiger partial charge in [0.2, 0.25) is 12.0 Å². The van der Waals surface area contributed by atoms with Crippen molar-refractivity contribution < 1.29 is 23.8 Å². The Bertz CT molecular complexity index is 716. The lowest BCUT2D eigenvalue weighted by atomic mass is 9.90. The quantitative estimate of drug-likeness (QED) is 0.798. The third kappa shape index (κ3) is 3.36. The van der Waals surface area contributed by atoms with Crippen molar-refractivity contribution in [1.82, 2.24) is 9.80 Å². The molecule has 0 bridgehead atoms. The third-order valence-electron chi connectivity index (χ3n) is 5.85. The van der Waals surface area contributed by atoms with Crippen LogP contribution in [0.4, 0.5) is 0 Å². The van der Waals surface area contributed by atoms with E-state index < -0.39 is 6.10 Å². The number of rotatable bonds is 4. The van der Waals surface area contributed by atoms with Gasteiger partial charge in [-0.1, -0.05) is 25.0 Å².